The van der Waals surface area contributed by atoms with Gasteiger partial charge < -0.3 is 0 Å². The lowest BCUT2D eigenvalue weighted by Crippen LogP contribution is -2.55. The van der Waals surface area contributed by atoms with E-state index in [0.29, 0.717) is 28.8 Å². The van der Waals surface area contributed by atoms with Gasteiger partial charge in [0.2, 0.25) is 0 Å². The summed E-state index contributed by atoms with van der Waals surface area (Å²) in [5.41, 5.74) is 1.80. The Morgan fingerprint density at radius 2 is 2.00 bits per heavy atom. The highest BCUT2D eigenvalue weighted by Crippen LogP contribution is 2.66. The van der Waals surface area contributed by atoms with E-state index in [0.717, 1.165) is 50.2 Å². The number of rotatable bonds is 0. The van der Waals surface area contributed by atoms with E-state index >= 15 is 0 Å². The van der Waals surface area contributed by atoms with Gasteiger partial charge in [0.25, 0.3) is 0 Å². The molecule has 0 N–H and O–H groups in total. The Bertz CT molecular complexity index is 623. The first-order valence-electron chi connectivity index (χ1n) is 9.40. The molecule has 2 nitrogen and oxygen atoms in total. The maximum Gasteiger partial charge on any atom is 0.140 e. The van der Waals surface area contributed by atoms with Crippen LogP contribution in [0.5, 0.6) is 0 Å². The largest absolute Gasteiger partial charge is 0.299 e. The number of hydrogen-bond acceptors (Lipinski definition) is 3. The number of ketones is 2. The van der Waals surface area contributed by atoms with E-state index in [9.17, 15) is 9.59 Å². The molecule has 5 rings (SSSR count). The molecule has 1 heterocycles. The van der Waals surface area contributed by atoms with Crippen molar-refractivity contribution in [1.82, 2.24) is 0 Å². The zero-order chi connectivity index (χ0) is 15.8. The van der Waals surface area contributed by atoms with Crippen molar-refractivity contribution in [3.05, 3.63) is 11.6 Å². The van der Waals surface area contributed by atoms with Crippen molar-refractivity contribution in [1.29, 1.82) is 0 Å². The zero-order valence-electron chi connectivity index (χ0n) is 14.0. The van der Waals surface area contributed by atoms with Gasteiger partial charge in [0, 0.05) is 41.1 Å². The Kier molecular flexibility index (Phi) is 3.04. The fraction of sp³-hybridized carbons (Fsp3) is 0.800. The van der Waals surface area contributed by atoms with E-state index in [4.69, 9.17) is 0 Å². The lowest BCUT2D eigenvalue weighted by atomic mass is 9.47. The van der Waals surface area contributed by atoms with Crippen LogP contribution in [0.1, 0.15) is 51.9 Å². The molecule has 0 aromatic carbocycles. The van der Waals surface area contributed by atoms with Gasteiger partial charge in [0.15, 0.2) is 0 Å². The normalized spacial score (nSPS) is 51.6. The second-order valence-electron chi connectivity index (χ2n) is 8.88. The van der Waals surface area contributed by atoms with Gasteiger partial charge >= 0.3 is 0 Å². The lowest BCUT2D eigenvalue weighted by Gasteiger charge is -2.60. The number of carbonyl (C=O) groups excluding carboxylic acids is 2. The van der Waals surface area contributed by atoms with Gasteiger partial charge in [-0.1, -0.05) is 18.6 Å². The number of allylic oxidation sites excluding steroid dienone is 2. The molecule has 0 radical (unpaired) electrons. The Hall–Kier alpha value is -0.570. The minimum Gasteiger partial charge on any atom is -0.299 e. The summed E-state index contributed by atoms with van der Waals surface area (Å²) in [5.74, 6) is 5.51. The number of carbonyl (C=O) groups is 2. The molecule has 1 saturated heterocycles. The second-order valence-corrected chi connectivity index (χ2v) is 9.91. The monoisotopic (exact) mass is 330 g/mol. The van der Waals surface area contributed by atoms with Crippen molar-refractivity contribution >= 4 is 23.3 Å². The summed E-state index contributed by atoms with van der Waals surface area (Å²) in [7, 11) is 0. The fourth-order valence-electron chi connectivity index (χ4n) is 7.07. The van der Waals surface area contributed by atoms with Crippen molar-refractivity contribution in [3.63, 3.8) is 0 Å². The molecule has 124 valence electrons. The summed E-state index contributed by atoms with van der Waals surface area (Å²) in [6.07, 6.45) is 9.71. The van der Waals surface area contributed by atoms with Crippen LogP contribution in [-0.2, 0) is 9.59 Å². The molecule has 0 aromatic heterocycles. The van der Waals surface area contributed by atoms with Gasteiger partial charge in [-0.25, -0.2) is 0 Å². The minimum absolute atomic E-state index is 0.0329. The maximum atomic E-state index is 12.5. The fourth-order valence-corrected chi connectivity index (χ4v) is 8.68. The summed E-state index contributed by atoms with van der Waals surface area (Å²) in [6.45, 7) is 2.25. The van der Waals surface area contributed by atoms with Crippen LogP contribution in [0.3, 0.4) is 0 Å². The highest BCUT2D eigenvalue weighted by molar-refractivity contribution is 7.99. The quantitative estimate of drug-likeness (QED) is 0.629. The summed E-state index contributed by atoms with van der Waals surface area (Å²) in [5, 5.41) is 0. The summed E-state index contributed by atoms with van der Waals surface area (Å²) < 4.78 is 0. The van der Waals surface area contributed by atoms with Gasteiger partial charge in [-0.15, -0.1) is 0 Å². The van der Waals surface area contributed by atoms with Crippen LogP contribution < -0.4 is 0 Å². The average Bonchev–Trinajstić information content (AvgIpc) is 2.86. The molecule has 6 atom stereocenters. The van der Waals surface area contributed by atoms with E-state index in [1.54, 1.807) is 0 Å². The Labute approximate surface area is 142 Å². The van der Waals surface area contributed by atoms with E-state index in [1.165, 1.54) is 17.7 Å². The Morgan fingerprint density at radius 1 is 1.13 bits per heavy atom. The van der Waals surface area contributed by atoms with Crippen molar-refractivity contribution < 1.29 is 9.59 Å². The van der Waals surface area contributed by atoms with Crippen LogP contribution in [-0.4, -0.2) is 23.1 Å². The SMILES string of the molecule is C[C@]12CC[C@H]3[C@@H](CC=C4C5CSC[C@]43CCC5=O)[C@@H]1CCC2=O. The molecule has 0 aromatic rings. The van der Waals surface area contributed by atoms with Crippen LogP contribution in [0.15, 0.2) is 11.6 Å². The van der Waals surface area contributed by atoms with Gasteiger partial charge in [-0.2, -0.15) is 11.8 Å². The van der Waals surface area contributed by atoms with E-state index < -0.39 is 0 Å². The van der Waals surface area contributed by atoms with Crippen molar-refractivity contribution in [2.45, 2.75) is 51.9 Å². The van der Waals surface area contributed by atoms with Crippen LogP contribution in [0.2, 0.25) is 0 Å². The predicted octanol–water partition coefficient (Wildman–Crippen LogP) is 4.04. The first-order chi connectivity index (χ1) is 11.1. The molecule has 4 aliphatic carbocycles. The highest BCUT2D eigenvalue weighted by Gasteiger charge is 2.61. The summed E-state index contributed by atoms with van der Waals surface area (Å²) in [4.78, 5) is 24.9. The highest BCUT2D eigenvalue weighted by atomic mass is 32.2. The standard InChI is InChI=1S/C20H26O2S/c1-19-8-6-16-12(14(19)4-5-18(19)22)2-3-15-13-10-23-11-20(15,16)9-7-17(13)21/h3,12-14,16H,2,4-11H2,1H3/t12-,13?,14-,16-,19-,20+/m0/s1. The van der Waals surface area contributed by atoms with Crippen molar-refractivity contribution in [2.75, 3.05) is 11.5 Å². The minimum atomic E-state index is -0.0329. The first kappa shape index (κ1) is 14.7. The molecule has 4 fully saturated rings. The number of thioether (sulfide) groups is 1. The Morgan fingerprint density at radius 3 is 2.87 bits per heavy atom. The van der Waals surface area contributed by atoms with Gasteiger partial charge in [-0.3, -0.25) is 9.59 Å². The van der Waals surface area contributed by atoms with Gasteiger partial charge in [-0.05, 0) is 49.9 Å². The van der Waals surface area contributed by atoms with E-state index in [2.05, 4.69) is 13.0 Å². The van der Waals surface area contributed by atoms with E-state index in [-0.39, 0.29) is 11.3 Å². The van der Waals surface area contributed by atoms with Crippen molar-refractivity contribution in [3.8, 4) is 0 Å². The topological polar surface area (TPSA) is 34.1 Å². The molecule has 1 unspecified atom stereocenters. The molecule has 0 spiro atoms. The maximum absolute atomic E-state index is 12.5. The Balaban J connectivity index is 1.58. The lowest BCUT2D eigenvalue weighted by molar-refractivity contribution is -0.132. The molecule has 23 heavy (non-hydrogen) atoms. The number of fused-ring (bicyclic) bond motifs is 3. The van der Waals surface area contributed by atoms with Gasteiger partial charge in [0.05, 0.1) is 0 Å². The molecule has 2 bridgehead atoms. The average molecular weight is 330 g/mol. The molecule has 1 aliphatic heterocycles. The molecule has 5 aliphatic rings. The van der Waals surface area contributed by atoms with E-state index in [1.807, 2.05) is 11.8 Å². The third-order valence-electron chi connectivity index (χ3n) is 8.27. The summed E-state index contributed by atoms with van der Waals surface area (Å²) >= 11 is 2.02. The molecular weight excluding hydrogens is 304 g/mol. The smallest absolute Gasteiger partial charge is 0.140 e. The summed E-state index contributed by atoms with van der Waals surface area (Å²) in [6, 6.07) is 0. The van der Waals surface area contributed by atoms with Crippen LogP contribution in [0.4, 0.5) is 0 Å². The van der Waals surface area contributed by atoms with Crippen molar-refractivity contribution in [2.24, 2.45) is 34.5 Å². The van der Waals surface area contributed by atoms with Crippen LogP contribution in [0, 0.1) is 34.5 Å². The van der Waals surface area contributed by atoms with Crippen LogP contribution >= 0.6 is 11.8 Å². The van der Waals surface area contributed by atoms with Crippen LogP contribution in [0.25, 0.3) is 0 Å². The number of Topliss-reactive ketones (excluding diaryl/α,β-unsaturated/α-hetero) is 2. The third kappa shape index (κ3) is 1.73. The predicted molar refractivity (Wildman–Crippen MR) is 92.2 cm³/mol. The van der Waals surface area contributed by atoms with Gasteiger partial charge in [0.1, 0.15) is 11.6 Å². The first-order valence-corrected chi connectivity index (χ1v) is 10.6. The molecule has 3 heteroatoms. The zero-order valence-corrected chi connectivity index (χ0v) is 14.8. The molecular formula is C20H26O2S. The third-order valence-corrected chi connectivity index (χ3v) is 9.55. The second kappa shape index (κ2) is 4.74. The number of hydrogen-bond donors (Lipinski definition) is 0. The molecule has 0 amide bonds. The molecule has 3 saturated carbocycles.